The van der Waals surface area contributed by atoms with E-state index in [1.54, 1.807) is 30.1 Å². The number of fused-ring (bicyclic) bond motifs is 1. The van der Waals surface area contributed by atoms with Crippen molar-refractivity contribution >= 4 is 5.91 Å². The molecule has 0 radical (unpaired) electrons. The fourth-order valence-electron chi connectivity index (χ4n) is 5.42. The summed E-state index contributed by atoms with van der Waals surface area (Å²) in [6, 6.07) is 12.6. The molecule has 2 aromatic rings. The van der Waals surface area contributed by atoms with E-state index in [2.05, 4.69) is 0 Å². The Bertz CT molecular complexity index is 975. The lowest BCUT2D eigenvalue weighted by atomic mass is 9.84. The average Bonchev–Trinajstić information content (AvgIpc) is 3.15. The molecule has 1 amide bonds. The summed E-state index contributed by atoms with van der Waals surface area (Å²) >= 11 is 0. The standard InChI is InChI=1S/C23H26FN3O3/c1-23(2,3)22-25(4)21(28)20-17(14-10-6-5-7-11-14)19(27(29)30)18(26(20)22)15-12-8-9-13-16(15)24/h5-13,17-20,22H,1-4H3/t17-,18+,19-,20?,22?/m0/s1. The first-order chi connectivity index (χ1) is 14.1. The van der Waals surface area contributed by atoms with Crippen LogP contribution in [0.1, 0.15) is 43.9 Å². The fraction of sp³-hybridized carbons (Fsp3) is 0.435. The number of nitrogens with zero attached hydrogens (tertiary/aromatic N) is 3. The SMILES string of the molecule is CN1C(=O)C2[C@@H](c3ccccc3)[C@H]([N+](=O)[O-])[C@@H](c3ccccc3F)N2C1C(C)(C)C. The van der Waals surface area contributed by atoms with Crippen molar-refractivity contribution < 1.29 is 14.1 Å². The minimum atomic E-state index is -1.14. The topological polar surface area (TPSA) is 66.7 Å². The number of likely N-dealkylation sites (N-methyl/N-ethyl adjacent to an activating group) is 1. The molecule has 2 aliphatic rings. The predicted molar refractivity (Wildman–Crippen MR) is 111 cm³/mol. The molecule has 0 aliphatic carbocycles. The van der Waals surface area contributed by atoms with Gasteiger partial charge in [-0.15, -0.1) is 0 Å². The quantitative estimate of drug-likeness (QED) is 0.569. The van der Waals surface area contributed by atoms with Crippen LogP contribution in [0.4, 0.5) is 4.39 Å². The molecular formula is C23H26FN3O3. The summed E-state index contributed by atoms with van der Waals surface area (Å²) in [4.78, 5) is 29.0. The van der Waals surface area contributed by atoms with E-state index in [1.165, 1.54) is 6.07 Å². The molecule has 4 rings (SSSR count). The Morgan fingerprint density at radius 2 is 1.60 bits per heavy atom. The van der Waals surface area contributed by atoms with E-state index in [0.717, 1.165) is 5.56 Å². The molecule has 6 nitrogen and oxygen atoms in total. The van der Waals surface area contributed by atoms with Crippen molar-refractivity contribution in [2.24, 2.45) is 5.41 Å². The third kappa shape index (κ3) is 2.99. The first-order valence-corrected chi connectivity index (χ1v) is 10.1. The zero-order valence-corrected chi connectivity index (χ0v) is 17.5. The lowest BCUT2D eigenvalue weighted by Crippen LogP contribution is -2.49. The Balaban J connectivity index is 1.98. The van der Waals surface area contributed by atoms with Gasteiger partial charge >= 0.3 is 0 Å². The van der Waals surface area contributed by atoms with E-state index in [9.17, 15) is 19.3 Å². The van der Waals surface area contributed by atoms with Crippen LogP contribution in [-0.4, -0.2) is 45.9 Å². The second-order valence-corrected chi connectivity index (χ2v) is 9.26. The summed E-state index contributed by atoms with van der Waals surface area (Å²) in [6.45, 7) is 6.00. The highest BCUT2D eigenvalue weighted by Gasteiger charge is 2.67. The number of benzene rings is 2. The first-order valence-electron chi connectivity index (χ1n) is 10.1. The maximum Gasteiger partial charge on any atom is 0.241 e. The van der Waals surface area contributed by atoms with E-state index >= 15 is 0 Å². The van der Waals surface area contributed by atoms with Gasteiger partial charge < -0.3 is 4.90 Å². The molecule has 0 spiro atoms. The number of amides is 1. The number of halogens is 1. The molecule has 2 aliphatic heterocycles. The lowest BCUT2D eigenvalue weighted by molar-refractivity contribution is -0.529. The molecule has 2 unspecified atom stereocenters. The summed E-state index contributed by atoms with van der Waals surface area (Å²) in [5.41, 5.74) is 0.611. The molecular weight excluding hydrogens is 385 g/mol. The molecule has 2 heterocycles. The van der Waals surface area contributed by atoms with Gasteiger partial charge in [0.05, 0.1) is 12.1 Å². The zero-order chi connectivity index (χ0) is 21.8. The van der Waals surface area contributed by atoms with Gasteiger partial charge in [-0.25, -0.2) is 4.39 Å². The summed E-state index contributed by atoms with van der Waals surface area (Å²) in [5, 5.41) is 12.4. The number of hydrogen-bond acceptors (Lipinski definition) is 4. The Morgan fingerprint density at radius 3 is 2.17 bits per heavy atom. The smallest absolute Gasteiger partial charge is 0.241 e. The largest absolute Gasteiger partial charge is 0.328 e. The van der Waals surface area contributed by atoms with Crippen molar-refractivity contribution in [3.63, 3.8) is 0 Å². The van der Waals surface area contributed by atoms with Crippen molar-refractivity contribution in [1.82, 2.24) is 9.80 Å². The van der Waals surface area contributed by atoms with E-state index in [-0.39, 0.29) is 21.8 Å². The molecule has 158 valence electrons. The molecule has 7 heteroatoms. The van der Waals surface area contributed by atoms with Gasteiger partial charge in [0.2, 0.25) is 11.9 Å². The van der Waals surface area contributed by atoms with Gasteiger partial charge in [-0.2, -0.15) is 0 Å². The lowest BCUT2D eigenvalue weighted by Gasteiger charge is -2.40. The van der Waals surface area contributed by atoms with Gasteiger partial charge in [0.1, 0.15) is 17.9 Å². The Kier molecular flexibility index (Phi) is 4.89. The van der Waals surface area contributed by atoms with Gasteiger partial charge in [-0.1, -0.05) is 69.3 Å². The summed E-state index contributed by atoms with van der Waals surface area (Å²) in [6.07, 6.45) is -0.393. The third-order valence-corrected chi connectivity index (χ3v) is 6.35. The monoisotopic (exact) mass is 411 g/mol. The summed E-state index contributed by atoms with van der Waals surface area (Å²) < 4.78 is 14.9. The zero-order valence-electron chi connectivity index (χ0n) is 17.5. The van der Waals surface area contributed by atoms with Gasteiger partial charge in [-0.3, -0.25) is 19.8 Å². The molecule has 0 saturated carbocycles. The van der Waals surface area contributed by atoms with Gasteiger partial charge in [-0.05, 0) is 17.0 Å². The highest BCUT2D eigenvalue weighted by molar-refractivity contribution is 5.86. The van der Waals surface area contributed by atoms with E-state index in [1.807, 2.05) is 56.0 Å². The van der Waals surface area contributed by atoms with Crippen molar-refractivity contribution in [3.05, 3.63) is 81.7 Å². The van der Waals surface area contributed by atoms with Crippen LogP contribution in [0, 0.1) is 21.3 Å². The molecule has 0 N–H and O–H groups in total. The second kappa shape index (κ2) is 7.16. The number of carbonyl (C=O) groups excluding carboxylic acids is 1. The van der Waals surface area contributed by atoms with Crippen LogP contribution < -0.4 is 0 Å². The van der Waals surface area contributed by atoms with E-state index < -0.39 is 36.0 Å². The first kappa shape index (κ1) is 20.5. The Morgan fingerprint density at radius 1 is 1.00 bits per heavy atom. The van der Waals surface area contributed by atoms with Gasteiger partial charge in [0, 0.05) is 17.5 Å². The second-order valence-electron chi connectivity index (χ2n) is 9.26. The van der Waals surface area contributed by atoms with E-state index in [4.69, 9.17) is 0 Å². The summed E-state index contributed by atoms with van der Waals surface area (Å²) in [5.74, 6) is -1.32. The summed E-state index contributed by atoms with van der Waals surface area (Å²) in [7, 11) is 1.73. The Hall–Kier alpha value is -2.80. The van der Waals surface area contributed by atoms with Crippen molar-refractivity contribution in [2.45, 2.75) is 51.0 Å². The molecule has 2 fully saturated rings. The van der Waals surface area contributed by atoms with Crippen LogP contribution in [0.25, 0.3) is 0 Å². The van der Waals surface area contributed by atoms with Crippen LogP contribution in [0.15, 0.2) is 54.6 Å². The average molecular weight is 411 g/mol. The number of hydrogen-bond donors (Lipinski definition) is 0. The number of carbonyl (C=O) groups is 1. The molecule has 2 saturated heterocycles. The maximum atomic E-state index is 14.9. The predicted octanol–water partition coefficient (Wildman–Crippen LogP) is 3.82. The third-order valence-electron chi connectivity index (χ3n) is 6.35. The van der Waals surface area contributed by atoms with E-state index in [0.29, 0.717) is 0 Å². The number of nitro groups is 1. The van der Waals surface area contributed by atoms with Crippen LogP contribution >= 0.6 is 0 Å². The molecule has 30 heavy (non-hydrogen) atoms. The van der Waals surface area contributed by atoms with Crippen molar-refractivity contribution in [1.29, 1.82) is 0 Å². The maximum absolute atomic E-state index is 14.9. The fourth-order valence-corrected chi connectivity index (χ4v) is 5.42. The molecule has 2 aromatic carbocycles. The molecule has 5 atom stereocenters. The van der Waals surface area contributed by atoms with Crippen molar-refractivity contribution in [3.8, 4) is 0 Å². The number of rotatable bonds is 3. The van der Waals surface area contributed by atoms with Crippen LogP contribution in [-0.2, 0) is 4.79 Å². The normalized spacial score (nSPS) is 29.3. The molecule has 0 bridgehead atoms. The highest BCUT2D eigenvalue weighted by Crippen LogP contribution is 2.54. The van der Waals surface area contributed by atoms with Crippen LogP contribution in [0.2, 0.25) is 0 Å². The highest BCUT2D eigenvalue weighted by atomic mass is 19.1. The van der Waals surface area contributed by atoms with Crippen LogP contribution in [0.3, 0.4) is 0 Å². The van der Waals surface area contributed by atoms with Crippen LogP contribution in [0.5, 0.6) is 0 Å². The van der Waals surface area contributed by atoms with Gasteiger partial charge in [0.25, 0.3) is 0 Å². The Labute approximate surface area is 175 Å². The minimum Gasteiger partial charge on any atom is -0.328 e. The molecule has 0 aromatic heterocycles. The van der Waals surface area contributed by atoms with Gasteiger partial charge in [0.15, 0.2) is 0 Å². The minimum absolute atomic E-state index is 0.158. The van der Waals surface area contributed by atoms with Crippen molar-refractivity contribution in [2.75, 3.05) is 7.05 Å².